The van der Waals surface area contributed by atoms with Gasteiger partial charge in [0.15, 0.2) is 5.69 Å². The van der Waals surface area contributed by atoms with Gasteiger partial charge in [0.25, 0.3) is 11.5 Å². The molecule has 1 N–H and O–H groups in total. The number of benzene rings is 1. The van der Waals surface area contributed by atoms with Crippen LogP contribution >= 0.6 is 0 Å². The number of alkyl halides is 3. The van der Waals surface area contributed by atoms with Gasteiger partial charge in [0.2, 0.25) is 0 Å². The molecular formula is C18H13F3N4O2. The molecule has 0 bridgehead atoms. The van der Waals surface area contributed by atoms with E-state index < -0.39 is 17.8 Å². The first-order valence-corrected chi connectivity index (χ1v) is 8.12. The van der Waals surface area contributed by atoms with Crippen LogP contribution in [0.25, 0.3) is 11.4 Å². The van der Waals surface area contributed by atoms with Gasteiger partial charge in [-0.25, -0.2) is 4.68 Å². The summed E-state index contributed by atoms with van der Waals surface area (Å²) >= 11 is 0. The van der Waals surface area contributed by atoms with Crippen LogP contribution in [0.4, 0.5) is 13.2 Å². The molecule has 3 aromatic rings. The van der Waals surface area contributed by atoms with Crippen LogP contribution in [0.2, 0.25) is 0 Å². The maximum Gasteiger partial charge on any atom is 0.435 e. The minimum absolute atomic E-state index is 0.0629. The molecular weight excluding hydrogens is 361 g/mol. The van der Waals surface area contributed by atoms with Crippen LogP contribution in [-0.4, -0.2) is 26.8 Å². The van der Waals surface area contributed by atoms with Gasteiger partial charge in [-0.05, 0) is 36.8 Å². The van der Waals surface area contributed by atoms with E-state index in [0.717, 1.165) is 4.68 Å². The van der Waals surface area contributed by atoms with Gasteiger partial charge in [0, 0.05) is 30.1 Å². The SMILES string of the molecule is O=C1NCCc2c(C(F)(F)F)nn(-c3ccc(-n4ccccc4=O)cc3)c21. The Morgan fingerprint density at radius 1 is 1.00 bits per heavy atom. The second-order valence-corrected chi connectivity index (χ2v) is 6.02. The lowest BCUT2D eigenvalue weighted by atomic mass is 10.0. The van der Waals surface area contributed by atoms with Gasteiger partial charge in [0.1, 0.15) is 5.69 Å². The highest BCUT2D eigenvalue weighted by molar-refractivity contribution is 5.96. The fraction of sp³-hybridized carbons (Fsp3) is 0.167. The summed E-state index contributed by atoms with van der Waals surface area (Å²) in [5, 5.41) is 6.21. The summed E-state index contributed by atoms with van der Waals surface area (Å²) in [5.74, 6) is -0.595. The second-order valence-electron chi connectivity index (χ2n) is 6.02. The van der Waals surface area contributed by atoms with Crippen LogP contribution in [0.3, 0.4) is 0 Å². The molecule has 0 atom stereocenters. The monoisotopic (exact) mass is 374 g/mol. The molecule has 0 fully saturated rings. The summed E-state index contributed by atoms with van der Waals surface area (Å²) < 4.78 is 42.4. The van der Waals surface area contributed by atoms with E-state index in [9.17, 15) is 22.8 Å². The minimum atomic E-state index is -4.65. The average molecular weight is 374 g/mol. The van der Waals surface area contributed by atoms with E-state index in [2.05, 4.69) is 10.4 Å². The molecule has 1 amide bonds. The van der Waals surface area contributed by atoms with Gasteiger partial charge in [-0.15, -0.1) is 0 Å². The minimum Gasteiger partial charge on any atom is -0.350 e. The first-order valence-electron chi connectivity index (χ1n) is 8.12. The molecule has 2 aromatic heterocycles. The molecule has 1 aliphatic rings. The van der Waals surface area contributed by atoms with E-state index in [-0.39, 0.29) is 29.8 Å². The quantitative estimate of drug-likeness (QED) is 0.749. The van der Waals surface area contributed by atoms with Crippen molar-refractivity contribution in [2.45, 2.75) is 12.6 Å². The van der Waals surface area contributed by atoms with E-state index in [1.807, 2.05) is 0 Å². The maximum absolute atomic E-state index is 13.3. The molecule has 27 heavy (non-hydrogen) atoms. The van der Waals surface area contributed by atoms with Crippen molar-refractivity contribution in [2.75, 3.05) is 6.54 Å². The number of aromatic nitrogens is 3. The molecule has 0 saturated carbocycles. The molecule has 1 aromatic carbocycles. The molecule has 138 valence electrons. The Labute approximate surface area is 150 Å². The number of amides is 1. The molecule has 0 radical (unpaired) electrons. The highest BCUT2D eigenvalue weighted by Gasteiger charge is 2.41. The van der Waals surface area contributed by atoms with Crippen molar-refractivity contribution in [1.82, 2.24) is 19.7 Å². The average Bonchev–Trinajstić information content (AvgIpc) is 3.04. The van der Waals surface area contributed by atoms with E-state index in [1.165, 1.54) is 22.8 Å². The predicted molar refractivity (Wildman–Crippen MR) is 90.2 cm³/mol. The third kappa shape index (κ3) is 2.90. The van der Waals surface area contributed by atoms with Crippen molar-refractivity contribution in [3.05, 3.63) is 76.0 Å². The molecule has 0 spiro atoms. The summed E-state index contributed by atoms with van der Waals surface area (Å²) in [7, 11) is 0. The number of nitrogens with zero attached hydrogens (tertiary/aromatic N) is 3. The smallest absolute Gasteiger partial charge is 0.350 e. The molecule has 6 nitrogen and oxygen atoms in total. The molecule has 1 aliphatic heterocycles. The van der Waals surface area contributed by atoms with Crippen LogP contribution < -0.4 is 10.9 Å². The largest absolute Gasteiger partial charge is 0.435 e. The molecule has 0 aliphatic carbocycles. The zero-order valence-electron chi connectivity index (χ0n) is 13.8. The maximum atomic E-state index is 13.3. The number of carbonyl (C=O) groups is 1. The zero-order chi connectivity index (χ0) is 19.2. The van der Waals surface area contributed by atoms with Crippen LogP contribution in [0.1, 0.15) is 21.7 Å². The van der Waals surface area contributed by atoms with Gasteiger partial charge >= 0.3 is 6.18 Å². The van der Waals surface area contributed by atoms with Crippen LogP contribution in [0.15, 0.2) is 53.5 Å². The first kappa shape index (κ1) is 17.1. The summed E-state index contributed by atoms with van der Waals surface area (Å²) in [6, 6.07) is 10.9. The van der Waals surface area contributed by atoms with Crippen molar-refractivity contribution in [3.8, 4) is 11.4 Å². The molecule has 4 rings (SSSR count). The topological polar surface area (TPSA) is 68.9 Å². The summed E-state index contributed by atoms with van der Waals surface area (Å²) in [6.45, 7) is 0.135. The Hall–Kier alpha value is -3.36. The van der Waals surface area contributed by atoms with E-state index in [0.29, 0.717) is 11.4 Å². The zero-order valence-corrected chi connectivity index (χ0v) is 13.8. The summed E-state index contributed by atoms with van der Waals surface area (Å²) in [4.78, 5) is 24.1. The van der Waals surface area contributed by atoms with Gasteiger partial charge in [-0.1, -0.05) is 6.07 Å². The van der Waals surface area contributed by atoms with Crippen molar-refractivity contribution in [2.24, 2.45) is 0 Å². The van der Waals surface area contributed by atoms with Crippen molar-refractivity contribution < 1.29 is 18.0 Å². The van der Waals surface area contributed by atoms with Crippen molar-refractivity contribution in [1.29, 1.82) is 0 Å². The lowest BCUT2D eigenvalue weighted by molar-refractivity contribution is -0.141. The number of rotatable bonds is 2. The highest BCUT2D eigenvalue weighted by atomic mass is 19.4. The standard InChI is InChI=1S/C18H13F3N4O2/c19-18(20,21)16-13-8-9-22-17(27)15(13)25(23-16)12-6-4-11(5-7-12)24-10-2-1-3-14(24)26/h1-7,10H,8-9H2,(H,22,27). The summed E-state index contributed by atoms with van der Waals surface area (Å²) in [5.41, 5.74) is -0.652. The number of hydrogen-bond donors (Lipinski definition) is 1. The fourth-order valence-corrected chi connectivity index (χ4v) is 3.11. The number of hydrogen-bond acceptors (Lipinski definition) is 3. The third-order valence-corrected chi connectivity index (χ3v) is 4.32. The highest BCUT2D eigenvalue weighted by Crippen LogP contribution is 2.34. The van der Waals surface area contributed by atoms with E-state index >= 15 is 0 Å². The Bertz CT molecular complexity index is 1080. The van der Waals surface area contributed by atoms with E-state index in [1.54, 1.807) is 30.5 Å². The van der Waals surface area contributed by atoms with Gasteiger partial charge < -0.3 is 5.32 Å². The Morgan fingerprint density at radius 2 is 1.70 bits per heavy atom. The molecule has 0 saturated heterocycles. The van der Waals surface area contributed by atoms with Crippen molar-refractivity contribution >= 4 is 5.91 Å². The van der Waals surface area contributed by atoms with Crippen LogP contribution in [0, 0.1) is 0 Å². The Balaban J connectivity index is 1.83. The number of nitrogens with one attached hydrogen (secondary N) is 1. The fourth-order valence-electron chi connectivity index (χ4n) is 3.11. The number of carbonyl (C=O) groups excluding carboxylic acids is 1. The Kier molecular flexibility index (Phi) is 3.87. The van der Waals surface area contributed by atoms with Crippen LogP contribution in [0.5, 0.6) is 0 Å². The molecule has 9 heteroatoms. The third-order valence-electron chi connectivity index (χ3n) is 4.32. The van der Waals surface area contributed by atoms with Crippen LogP contribution in [-0.2, 0) is 12.6 Å². The number of halogens is 3. The first-order chi connectivity index (χ1) is 12.9. The van der Waals surface area contributed by atoms with Crippen molar-refractivity contribution in [3.63, 3.8) is 0 Å². The lowest BCUT2D eigenvalue weighted by Gasteiger charge is -2.15. The van der Waals surface area contributed by atoms with Gasteiger partial charge in [0.05, 0.1) is 5.69 Å². The molecule has 0 unspecified atom stereocenters. The van der Waals surface area contributed by atoms with E-state index in [4.69, 9.17) is 0 Å². The Morgan fingerprint density at radius 3 is 2.37 bits per heavy atom. The summed E-state index contributed by atoms with van der Waals surface area (Å²) in [6.07, 6.45) is -3.00. The van der Waals surface area contributed by atoms with Gasteiger partial charge in [-0.2, -0.15) is 18.3 Å². The molecule has 3 heterocycles. The number of pyridine rings is 1. The lowest BCUT2D eigenvalue weighted by Crippen LogP contribution is -2.33. The number of fused-ring (bicyclic) bond motifs is 1. The second kappa shape index (κ2) is 6.11. The normalized spacial score (nSPS) is 14.0. The predicted octanol–water partition coefficient (Wildman–Crippen LogP) is 2.33. The van der Waals surface area contributed by atoms with Gasteiger partial charge in [-0.3, -0.25) is 14.2 Å².